The van der Waals surface area contributed by atoms with Gasteiger partial charge in [0.1, 0.15) is 0 Å². The van der Waals surface area contributed by atoms with Gasteiger partial charge in [-0.15, -0.1) is 0 Å². The third-order valence-corrected chi connectivity index (χ3v) is 3.93. The molecule has 0 radical (unpaired) electrons. The first-order valence-electron chi connectivity index (χ1n) is 8.18. The van der Waals surface area contributed by atoms with Crippen LogP contribution in [0.3, 0.4) is 0 Å². The Labute approximate surface area is 146 Å². The molecule has 1 heterocycles. The van der Waals surface area contributed by atoms with Gasteiger partial charge in [-0.1, -0.05) is 60.7 Å². The summed E-state index contributed by atoms with van der Waals surface area (Å²) in [6, 6.07) is 20.7. The highest BCUT2D eigenvalue weighted by Crippen LogP contribution is 2.33. The molecular formula is C21H19NO3. The second kappa shape index (κ2) is 7.18. The van der Waals surface area contributed by atoms with Crippen LogP contribution in [0.2, 0.25) is 0 Å². The van der Waals surface area contributed by atoms with E-state index in [0.29, 0.717) is 17.0 Å². The Hall–Kier alpha value is -3.14. The molecule has 2 aromatic carbocycles. The molecule has 0 spiro atoms. The number of hydrogen-bond acceptors (Lipinski definition) is 3. The van der Waals surface area contributed by atoms with Crippen LogP contribution in [0.1, 0.15) is 29.0 Å². The average Bonchev–Trinajstić information content (AvgIpc) is 3.04. The average molecular weight is 333 g/mol. The number of ether oxygens (including phenoxy) is 1. The van der Waals surface area contributed by atoms with Crippen molar-refractivity contribution in [2.45, 2.75) is 13.8 Å². The summed E-state index contributed by atoms with van der Waals surface area (Å²) in [6.45, 7) is 3.53. The van der Waals surface area contributed by atoms with Crippen LogP contribution in [0.4, 0.5) is 0 Å². The summed E-state index contributed by atoms with van der Waals surface area (Å²) in [5, 5.41) is 0. The van der Waals surface area contributed by atoms with Gasteiger partial charge in [-0.25, -0.2) is 4.79 Å². The molecule has 1 aromatic heterocycles. The second-order valence-corrected chi connectivity index (χ2v) is 5.60. The Morgan fingerprint density at radius 3 is 2.00 bits per heavy atom. The first-order chi connectivity index (χ1) is 12.1. The van der Waals surface area contributed by atoms with Gasteiger partial charge in [0.25, 0.3) is 0 Å². The van der Waals surface area contributed by atoms with Crippen molar-refractivity contribution in [2.24, 2.45) is 0 Å². The largest absolute Gasteiger partial charge is 0.462 e. The maximum atomic E-state index is 12.5. The molecule has 0 aliphatic rings. The van der Waals surface area contributed by atoms with E-state index < -0.39 is 5.97 Å². The van der Waals surface area contributed by atoms with Gasteiger partial charge in [0.2, 0.25) is 5.91 Å². The van der Waals surface area contributed by atoms with Gasteiger partial charge in [-0.3, -0.25) is 9.36 Å². The molecule has 4 heteroatoms. The number of hydrogen-bond donors (Lipinski definition) is 0. The molecule has 0 aliphatic heterocycles. The maximum absolute atomic E-state index is 12.5. The van der Waals surface area contributed by atoms with E-state index in [1.807, 2.05) is 60.7 Å². The summed E-state index contributed by atoms with van der Waals surface area (Å²) in [5.74, 6) is -0.591. The van der Waals surface area contributed by atoms with Crippen LogP contribution in [0.25, 0.3) is 22.5 Å². The predicted octanol–water partition coefficient (Wildman–Crippen LogP) is 4.66. The fourth-order valence-electron chi connectivity index (χ4n) is 2.90. The first-order valence-corrected chi connectivity index (χ1v) is 8.18. The van der Waals surface area contributed by atoms with E-state index >= 15 is 0 Å². The monoisotopic (exact) mass is 333 g/mol. The van der Waals surface area contributed by atoms with Crippen LogP contribution in [0.15, 0.2) is 66.7 Å². The van der Waals surface area contributed by atoms with Crippen molar-refractivity contribution in [3.05, 3.63) is 72.3 Å². The Balaban J connectivity index is 2.32. The summed E-state index contributed by atoms with van der Waals surface area (Å²) in [7, 11) is 0. The van der Waals surface area contributed by atoms with Crippen molar-refractivity contribution >= 4 is 11.9 Å². The van der Waals surface area contributed by atoms with Crippen molar-refractivity contribution in [3.8, 4) is 22.5 Å². The zero-order valence-corrected chi connectivity index (χ0v) is 14.2. The molecule has 3 rings (SSSR count). The predicted molar refractivity (Wildman–Crippen MR) is 97.6 cm³/mol. The molecule has 0 N–H and O–H groups in total. The maximum Gasteiger partial charge on any atom is 0.340 e. The second-order valence-electron chi connectivity index (χ2n) is 5.60. The van der Waals surface area contributed by atoms with E-state index in [9.17, 15) is 9.59 Å². The highest BCUT2D eigenvalue weighted by Gasteiger charge is 2.25. The van der Waals surface area contributed by atoms with Gasteiger partial charge >= 0.3 is 5.97 Å². The lowest BCUT2D eigenvalue weighted by atomic mass is 10.1. The molecule has 0 bridgehead atoms. The van der Waals surface area contributed by atoms with Gasteiger partial charge in [0.15, 0.2) is 0 Å². The number of carbonyl (C=O) groups is 2. The van der Waals surface area contributed by atoms with Gasteiger partial charge in [0, 0.05) is 6.92 Å². The third-order valence-electron chi connectivity index (χ3n) is 3.93. The summed E-state index contributed by atoms with van der Waals surface area (Å²) < 4.78 is 6.79. The molecule has 0 atom stereocenters. The molecule has 25 heavy (non-hydrogen) atoms. The zero-order chi connectivity index (χ0) is 17.8. The lowest BCUT2D eigenvalue weighted by Crippen LogP contribution is -2.11. The van der Waals surface area contributed by atoms with E-state index in [0.717, 1.165) is 11.1 Å². The number of benzene rings is 2. The Kier molecular flexibility index (Phi) is 4.80. The van der Waals surface area contributed by atoms with E-state index in [2.05, 4.69) is 0 Å². The van der Waals surface area contributed by atoms with Crippen LogP contribution in [0, 0.1) is 0 Å². The molecule has 0 amide bonds. The normalized spacial score (nSPS) is 10.5. The quantitative estimate of drug-likeness (QED) is 0.653. The fraction of sp³-hybridized carbons (Fsp3) is 0.143. The number of rotatable bonds is 4. The van der Waals surface area contributed by atoms with Crippen LogP contribution < -0.4 is 0 Å². The van der Waals surface area contributed by atoms with E-state index in [-0.39, 0.29) is 12.5 Å². The number of carbonyl (C=O) groups excluding carboxylic acids is 2. The molecule has 0 saturated carbocycles. The minimum absolute atomic E-state index is 0.159. The van der Waals surface area contributed by atoms with Crippen LogP contribution >= 0.6 is 0 Å². The molecule has 0 aliphatic carbocycles. The minimum Gasteiger partial charge on any atom is -0.462 e. The summed E-state index contributed by atoms with van der Waals surface area (Å²) >= 11 is 0. The van der Waals surface area contributed by atoms with Crippen molar-refractivity contribution < 1.29 is 14.3 Å². The van der Waals surface area contributed by atoms with Gasteiger partial charge in [0.05, 0.1) is 23.6 Å². The molecule has 0 saturated heterocycles. The summed E-state index contributed by atoms with van der Waals surface area (Å²) in [5.41, 5.74) is 3.29. The topological polar surface area (TPSA) is 48.3 Å². The molecule has 126 valence electrons. The molecule has 0 unspecified atom stereocenters. The fourth-order valence-corrected chi connectivity index (χ4v) is 2.90. The highest BCUT2D eigenvalue weighted by molar-refractivity contribution is 6.02. The van der Waals surface area contributed by atoms with Gasteiger partial charge in [-0.2, -0.15) is 0 Å². The number of esters is 1. The highest BCUT2D eigenvalue weighted by atomic mass is 16.5. The van der Waals surface area contributed by atoms with Gasteiger partial charge < -0.3 is 4.74 Å². The summed E-state index contributed by atoms with van der Waals surface area (Å²) in [6.07, 6.45) is 0. The Bertz CT molecular complexity index is 896. The van der Waals surface area contributed by atoms with Crippen LogP contribution in [-0.2, 0) is 4.74 Å². The molecule has 0 fully saturated rings. The first kappa shape index (κ1) is 16.7. The molecule has 4 nitrogen and oxygen atoms in total. The lowest BCUT2D eigenvalue weighted by molar-refractivity contribution is 0.0527. The SMILES string of the molecule is CCOC(=O)c1cc(-c2ccccc2)n(C(C)=O)c1-c1ccccc1. The van der Waals surface area contributed by atoms with Crippen molar-refractivity contribution in [3.63, 3.8) is 0 Å². The van der Waals surface area contributed by atoms with E-state index in [1.54, 1.807) is 17.6 Å². The van der Waals surface area contributed by atoms with Crippen LogP contribution in [-0.4, -0.2) is 23.1 Å². The number of nitrogens with zero attached hydrogens (tertiary/aromatic N) is 1. The van der Waals surface area contributed by atoms with Crippen molar-refractivity contribution in [1.29, 1.82) is 0 Å². The van der Waals surface area contributed by atoms with E-state index in [1.165, 1.54) is 6.92 Å². The smallest absolute Gasteiger partial charge is 0.340 e. The Morgan fingerprint density at radius 1 is 0.920 bits per heavy atom. The summed E-state index contributed by atoms with van der Waals surface area (Å²) in [4.78, 5) is 24.9. The third kappa shape index (κ3) is 3.24. The zero-order valence-electron chi connectivity index (χ0n) is 14.2. The minimum atomic E-state index is -0.432. The Morgan fingerprint density at radius 2 is 1.48 bits per heavy atom. The van der Waals surface area contributed by atoms with Crippen LogP contribution in [0.5, 0.6) is 0 Å². The number of aromatic nitrogens is 1. The van der Waals surface area contributed by atoms with Crippen molar-refractivity contribution in [1.82, 2.24) is 4.57 Å². The lowest BCUT2D eigenvalue weighted by Gasteiger charge is -2.11. The standard InChI is InChI=1S/C21H19NO3/c1-3-25-21(24)18-14-19(16-10-6-4-7-11-16)22(15(2)23)20(18)17-12-8-5-9-13-17/h4-14H,3H2,1-2H3. The van der Waals surface area contributed by atoms with Crippen molar-refractivity contribution in [2.75, 3.05) is 6.61 Å². The molecule has 3 aromatic rings. The molecular weight excluding hydrogens is 314 g/mol. The van der Waals surface area contributed by atoms with E-state index in [4.69, 9.17) is 4.74 Å². The van der Waals surface area contributed by atoms with Gasteiger partial charge in [-0.05, 0) is 24.1 Å².